The minimum absolute atomic E-state index is 0.138. The molecule has 0 spiro atoms. The predicted molar refractivity (Wildman–Crippen MR) is 98.7 cm³/mol. The summed E-state index contributed by atoms with van der Waals surface area (Å²) in [6.07, 6.45) is 1.26. The highest BCUT2D eigenvalue weighted by atomic mass is 19.3. The van der Waals surface area contributed by atoms with Crippen LogP contribution < -0.4 is 5.32 Å². The number of nitrogens with zero attached hydrogens (tertiary/aromatic N) is 2. The van der Waals surface area contributed by atoms with Crippen LogP contribution in [-0.4, -0.2) is 66.4 Å². The van der Waals surface area contributed by atoms with Crippen molar-refractivity contribution in [1.82, 2.24) is 15.1 Å². The van der Waals surface area contributed by atoms with Gasteiger partial charge in [-0.15, -0.1) is 0 Å². The van der Waals surface area contributed by atoms with Crippen LogP contribution >= 0.6 is 0 Å². The molecule has 2 aliphatic rings. The molecule has 2 fully saturated rings. The molecule has 7 heteroatoms. The van der Waals surface area contributed by atoms with Gasteiger partial charge in [0.15, 0.2) is 0 Å². The van der Waals surface area contributed by atoms with Crippen LogP contribution in [-0.2, 0) is 0 Å². The lowest BCUT2D eigenvalue weighted by atomic mass is 9.86. The van der Waals surface area contributed by atoms with Gasteiger partial charge in [0.05, 0.1) is 12.1 Å². The van der Waals surface area contributed by atoms with E-state index in [-0.39, 0.29) is 18.9 Å². The molecule has 4 nitrogen and oxygen atoms in total. The molecule has 0 atom stereocenters. The molecule has 2 heterocycles. The standard InChI is InChI=1S/C20H28F3N3O/c1-3-25-9-6-19(7-10-25,13-26-11-8-20(22,23)14-26)24-18(27)17-12-16(21)5-4-15(17)2/h4-5,12H,3,6-11,13-14H2,1-2H3,(H,24,27). The zero-order valence-electron chi connectivity index (χ0n) is 16.0. The maximum Gasteiger partial charge on any atom is 0.261 e. The average Bonchev–Trinajstić information content (AvgIpc) is 2.95. The second-order valence-corrected chi connectivity index (χ2v) is 7.94. The molecule has 1 aromatic rings. The number of benzene rings is 1. The Morgan fingerprint density at radius 2 is 1.81 bits per heavy atom. The molecule has 0 radical (unpaired) electrons. The van der Waals surface area contributed by atoms with E-state index in [0.29, 0.717) is 37.1 Å². The Morgan fingerprint density at radius 1 is 1.15 bits per heavy atom. The summed E-state index contributed by atoms with van der Waals surface area (Å²) in [4.78, 5) is 16.9. The number of carbonyl (C=O) groups excluding carboxylic acids is 1. The molecule has 27 heavy (non-hydrogen) atoms. The lowest BCUT2D eigenvalue weighted by molar-refractivity contribution is 0.00717. The van der Waals surface area contributed by atoms with Gasteiger partial charge in [-0.25, -0.2) is 13.2 Å². The van der Waals surface area contributed by atoms with Crippen molar-refractivity contribution < 1.29 is 18.0 Å². The van der Waals surface area contributed by atoms with Gasteiger partial charge in [0.2, 0.25) is 0 Å². The van der Waals surface area contributed by atoms with E-state index in [1.54, 1.807) is 17.9 Å². The number of amides is 1. The second kappa shape index (κ2) is 7.80. The zero-order valence-corrected chi connectivity index (χ0v) is 16.0. The molecule has 1 amide bonds. The number of likely N-dealkylation sites (tertiary alicyclic amines) is 2. The minimum atomic E-state index is -2.66. The fraction of sp³-hybridized carbons (Fsp3) is 0.650. The third-order valence-corrected chi connectivity index (χ3v) is 5.86. The molecule has 0 unspecified atom stereocenters. The summed E-state index contributed by atoms with van der Waals surface area (Å²) in [7, 11) is 0. The lowest BCUT2D eigenvalue weighted by Gasteiger charge is -2.44. The first kappa shape index (κ1) is 20.1. The molecule has 0 bridgehead atoms. The number of aryl methyl sites for hydroxylation is 1. The molecule has 3 rings (SSSR count). The number of piperidine rings is 1. The fourth-order valence-corrected chi connectivity index (χ4v) is 4.14. The van der Waals surface area contributed by atoms with Gasteiger partial charge in [-0.05, 0) is 44.0 Å². The predicted octanol–water partition coefficient (Wildman–Crippen LogP) is 3.06. The summed E-state index contributed by atoms with van der Waals surface area (Å²) in [5, 5.41) is 3.10. The lowest BCUT2D eigenvalue weighted by Crippen LogP contribution is -2.60. The monoisotopic (exact) mass is 383 g/mol. The molecular formula is C20H28F3N3O. The van der Waals surface area contributed by atoms with Crippen LogP contribution in [0.3, 0.4) is 0 Å². The summed E-state index contributed by atoms with van der Waals surface area (Å²) < 4.78 is 40.9. The Kier molecular flexibility index (Phi) is 5.82. The minimum Gasteiger partial charge on any atom is -0.345 e. The largest absolute Gasteiger partial charge is 0.345 e. The molecule has 0 aromatic heterocycles. The molecular weight excluding hydrogens is 355 g/mol. The highest BCUT2D eigenvalue weighted by molar-refractivity contribution is 5.96. The van der Waals surface area contributed by atoms with E-state index in [1.807, 2.05) is 0 Å². The van der Waals surface area contributed by atoms with E-state index in [1.165, 1.54) is 12.1 Å². The second-order valence-electron chi connectivity index (χ2n) is 7.94. The number of nitrogens with one attached hydrogen (secondary N) is 1. The molecule has 0 aliphatic carbocycles. The summed E-state index contributed by atoms with van der Waals surface area (Å²) in [5.41, 5.74) is 0.434. The quantitative estimate of drug-likeness (QED) is 0.849. The normalized spacial score (nSPS) is 22.7. The number of hydrogen-bond acceptors (Lipinski definition) is 3. The Bertz CT molecular complexity index is 687. The van der Waals surface area contributed by atoms with Gasteiger partial charge in [0, 0.05) is 38.2 Å². The van der Waals surface area contributed by atoms with E-state index in [9.17, 15) is 18.0 Å². The maximum absolute atomic E-state index is 13.6. The van der Waals surface area contributed by atoms with E-state index >= 15 is 0 Å². The van der Waals surface area contributed by atoms with Gasteiger partial charge in [0.1, 0.15) is 5.82 Å². The summed E-state index contributed by atoms with van der Waals surface area (Å²) in [6, 6.07) is 4.15. The van der Waals surface area contributed by atoms with Crippen LogP contribution in [0.15, 0.2) is 18.2 Å². The van der Waals surface area contributed by atoms with Gasteiger partial charge in [0.25, 0.3) is 11.8 Å². The highest BCUT2D eigenvalue weighted by Crippen LogP contribution is 2.31. The van der Waals surface area contributed by atoms with Crippen LogP contribution in [0.2, 0.25) is 0 Å². The summed E-state index contributed by atoms with van der Waals surface area (Å²) in [6.45, 7) is 6.87. The number of halogens is 3. The average molecular weight is 383 g/mol. The smallest absolute Gasteiger partial charge is 0.261 e. The Balaban J connectivity index is 1.77. The summed E-state index contributed by atoms with van der Waals surface area (Å²) >= 11 is 0. The molecule has 2 saturated heterocycles. The van der Waals surface area contributed by atoms with Crippen molar-refractivity contribution in [3.05, 3.63) is 35.1 Å². The van der Waals surface area contributed by atoms with Crippen LogP contribution in [0.25, 0.3) is 0 Å². The SMILES string of the molecule is CCN1CCC(CN2CCC(F)(F)C2)(NC(=O)c2cc(F)ccc2C)CC1. The Morgan fingerprint density at radius 3 is 2.41 bits per heavy atom. The first-order chi connectivity index (χ1) is 12.7. The van der Waals surface area contributed by atoms with Crippen molar-refractivity contribution in [1.29, 1.82) is 0 Å². The number of hydrogen-bond donors (Lipinski definition) is 1. The molecule has 1 aromatic carbocycles. The van der Waals surface area contributed by atoms with Crippen molar-refractivity contribution in [3.8, 4) is 0 Å². The number of carbonyl (C=O) groups is 1. The molecule has 150 valence electrons. The maximum atomic E-state index is 13.6. The van der Waals surface area contributed by atoms with Gasteiger partial charge < -0.3 is 10.2 Å². The first-order valence-electron chi connectivity index (χ1n) is 9.63. The highest BCUT2D eigenvalue weighted by Gasteiger charge is 2.43. The molecule has 2 aliphatic heterocycles. The van der Waals surface area contributed by atoms with Gasteiger partial charge in [-0.2, -0.15) is 0 Å². The summed E-state index contributed by atoms with van der Waals surface area (Å²) in [5.74, 6) is -3.45. The number of alkyl halides is 2. The third kappa shape index (κ3) is 4.82. The van der Waals surface area contributed by atoms with Crippen molar-refractivity contribution in [2.45, 2.75) is 44.6 Å². The van der Waals surface area contributed by atoms with E-state index in [4.69, 9.17) is 0 Å². The van der Waals surface area contributed by atoms with Gasteiger partial charge >= 0.3 is 0 Å². The molecule has 0 saturated carbocycles. The van der Waals surface area contributed by atoms with E-state index in [2.05, 4.69) is 17.1 Å². The Hall–Kier alpha value is -1.60. The molecule has 1 N–H and O–H groups in total. The van der Waals surface area contributed by atoms with Crippen molar-refractivity contribution in [2.24, 2.45) is 0 Å². The van der Waals surface area contributed by atoms with Crippen LogP contribution in [0.5, 0.6) is 0 Å². The van der Waals surface area contributed by atoms with Crippen LogP contribution in [0, 0.1) is 12.7 Å². The van der Waals surface area contributed by atoms with Gasteiger partial charge in [-0.3, -0.25) is 9.69 Å². The van der Waals surface area contributed by atoms with Crippen molar-refractivity contribution >= 4 is 5.91 Å². The Labute approximate surface area is 158 Å². The first-order valence-corrected chi connectivity index (χ1v) is 9.63. The topological polar surface area (TPSA) is 35.6 Å². The fourth-order valence-electron chi connectivity index (χ4n) is 4.14. The number of rotatable bonds is 5. The van der Waals surface area contributed by atoms with Gasteiger partial charge in [-0.1, -0.05) is 13.0 Å². The van der Waals surface area contributed by atoms with Crippen molar-refractivity contribution in [2.75, 3.05) is 39.3 Å². The third-order valence-electron chi connectivity index (χ3n) is 5.86. The van der Waals surface area contributed by atoms with Crippen molar-refractivity contribution in [3.63, 3.8) is 0 Å². The zero-order chi connectivity index (χ0) is 19.7. The van der Waals surface area contributed by atoms with Crippen LogP contribution in [0.4, 0.5) is 13.2 Å². The van der Waals surface area contributed by atoms with Crippen LogP contribution in [0.1, 0.15) is 42.1 Å². The van der Waals surface area contributed by atoms with E-state index < -0.39 is 17.3 Å². The van der Waals surface area contributed by atoms with E-state index in [0.717, 1.165) is 19.6 Å².